The molecule has 3 saturated carbocycles. The number of carbonyl (C=O) groups excluding carboxylic acids is 1. The van der Waals surface area contributed by atoms with Crippen LogP contribution in [0.2, 0.25) is 0 Å². The Morgan fingerprint density at radius 2 is 1.74 bits per heavy atom. The Bertz CT molecular complexity index is 848. The first-order valence-electron chi connectivity index (χ1n) is 13.0. The van der Waals surface area contributed by atoms with Crippen molar-refractivity contribution in [2.75, 3.05) is 0 Å². The molecule has 0 amide bonds. The van der Waals surface area contributed by atoms with Gasteiger partial charge in [-0.2, -0.15) is 0 Å². The molecule has 4 rings (SSSR count). The van der Waals surface area contributed by atoms with E-state index in [-0.39, 0.29) is 42.3 Å². The fourth-order valence-electron chi connectivity index (χ4n) is 8.25. The summed E-state index contributed by atoms with van der Waals surface area (Å²) in [6.45, 7) is 9.09. The summed E-state index contributed by atoms with van der Waals surface area (Å²) in [6, 6.07) is 0. The third-order valence-electron chi connectivity index (χ3n) is 10.7. The number of hydrogen-bond acceptors (Lipinski definition) is 7. The van der Waals surface area contributed by atoms with Gasteiger partial charge < -0.3 is 30.6 Å². The molecule has 34 heavy (non-hydrogen) atoms. The van der Waals surface area contributed by atoms with Gasteiger partial charge in [-0.05, 0) is 87.2 Å². The van der Waals surface area contributed by atoms with E-state index < -0.39 is 46.4 Å². The Hall–Kier alpha value is -0.830. The van der Waals surface area contributed by atoms with Crippen LogP contribution in [0.5, 0.6) is 0 Å². The quantitative estimate of drug-likeness (QED) is 0.352. The van der Waals surface area contributed by atoms with Crippen molar-refractivity contribution in [2.24, 2.45) is 34.5 Å². The topological polar surface area (TPSA) is 138 Å². The smallest absolute Gasteiger partial charge is 0.159 e. The predicted molar refractivity (Wildman–Crippen MR) is 127 cm³/mol. The molecule has 7 nitrogen and oxygen atoms in total. The van der Waals surface area contributed by atoms with E-state index in [9.17, 15) is 35.4 Å². The van der Waals surface area contributed by atoms with Crippen molar-refractivity contribution < 1.29 is 35.4 Å². The molecule has 0 aromatic carbocycles. The summed E-state index contributed by atoms with van der Waals surface area (Å²) >= 11 is 0. The number of aliphatic hydroxyl groups is 6. The molecule has 0 heterocycles. The van der Waals surface area contributed by atoms with Crippen molar-refractivity contribution in [1.82, 2.24) is 0 Å². The molecular formula is C27H44O7. The van der Waals surface area contributed by atoms with Crippen LogP contribution in [0.15, 0.2) is 11.6 Å². The average Bonchev–Trinajstić information content (AvgIpc) is 3.00. The summed E-state index contributed by atoms with van der Waals surface area (Å²) in [5.41, 5.74) is -2.75. The minimum atomic E-state index is -1.31. The maximum absolute atomic E-state index is 13.2. The lowest BCUT2D eigenvalue weighted by atomic mass is 9.46. The van der Waals surface area contributed by atoms with Crippen molar-refractivity contribution in [3.05, 3.63) is 11.6 Å². The van der Waals surface area contributed by atoms with Crippen LogP contribution in [0.1, 0.15) is 79.6 Å². The predicted octanol–water partition coefficient (Wildman–Crippen LogP) is 1.71. The zero-order valence-corrected chi connectivity index (χ0v) is 21.2. The molecule has 11 unspecified atom stereocenters. The van der Waals surface area contributed by atoms with E-state index in [1.54, 1.807) is 6.08 Å². The lowest BCUT2D eigenvalue weighted by Gasteiger charge is -2.60. The van der Waals surface area contributed by atoms with E-state index in [1.165, 1.54) is 13.8 Å². The van der Waals surface area contributed by atoms with Gasteiger partial charge in [0.05, 0.1) is 35.6 Å². The number of hydrogen-bond donors (Lipinski definition) is 6. The van der Waals surface area contributed by atoms with Crippen molar-refractivity contribution in [2.45, 2.75) is 115 Å². The molecule has 0 aromatic heterocycles. The largest absolute Gasteiger partial charge is 0.393 e. The summed E-state index contributed by atoms with van der Waals surface area (Å²) in [5, 5.41) is 64.2. The summed E-state index contributed by atoms with van der Waals surface area (Å²) in [6.07, 6.45) is 1.34. The van der Waals surface area contributed by atoms with E-state index >= 15 is 0 Å². The molecule has 0 bridgehead atoms. The van der Waals surface area contributed by atoms with Gasteiger partial charge in [0.2, 0.25) is 0 Å². The summed E-state index contributed by atoms with van der Waals surface area (Å²) in [4.78, 5) is 13.2. The highest BCUT2D eigenvalue weighted by Gasteiger charge is 2.67. The Balaban J connectivity index is 1.63. The van der Waals surface area contributed by atoms with E-state index in [4.69, 9.17) is 0 Å². The van der Waals surface area contributed by atoms with Gasteiger partial charge in [0, 0.05) is 17.8 Å². The Morgan fingerprint density at radius 3 is 2.35 bits per heavy atom. The van der Waals surface area contributed by atoms with E-state index in [2.05, 4.69) is 6.92 Å². The molecule has 0 saturated heterocycles. The fraction of sp³-hybridized carbons (Fsp3) is 0.889. The maximum Gasteiger partial charge on any atom is 0.159 e. The molecule has 6 N–H and O–H groups in total. The van der Waals surface area contributed by atoms with Crippen LogP contribution < -0.4 is 0 Å². The van der Waals surface area contributed by atoms with Gasteiger partial charge in [-0.3, -0.25) is 4.79 Å². The second-order valence-corrected chi connectivity index (χ2v) is 13.0. The second kappa shape index (κ2) is 8.35. The molecule has 4 aliphatic carbocycles. The first-order valence-corrected chi connectivity index (χ1v) is 13.0. The summed E-state index contributed by atoms with van der Waals surface area (Å²) in [5.74, 6) is -0.673. The van der Waals surface area contributed by atoms with Gasteiger partial charge in [0.1, 0.15) is 0 Å². The van der Waals surface area contributed by atoms with Gasteiger partial charge in [-0.1, -0.05) is 20.8 Å². The molecule has 11 atom stereocenters. The lowest BCUT2D eigenvalue weighted by molar-refractivity contribution is -0.155. The molecule has 4 aliphatic rings. The highest BCUT2D eigenvalue weighted by molar-refractivity contribution is 5.95. The molecule has 7 heteroatoms. The molecule has 3 fully saturated rings. The van der Waals surface area contributed by atoms with Crippen LogP contribution in [-0.4, -0.2) is 72.0 Å². The molecule has 0 aliphatic heterocycles. The molecule has 0 spiro atoms. The highest BCUT2D eigenvalue weighted by Crippen LogP contribution is 2.68. The number of fused-ring (bicyclic) bond motifs is 5. The average molecular weight is 481 g/mol. The fourth-order valence-corrected chi connectivity index (χ4v) is 8.25. The summed E-state index contributed by atoms with van der Waals surface area (Å²) in [7, 11) is 0. The van der Waals surface area contributed by atoms with Gasteiger partial charge in [0.15, 0.2) is 5.78 Å². The van der Waals surface area contributed by atoms with Gasteiger partial charge in [-0.25, -0.2) is 0 Å². The number of allylic oxidation sites excluding steroid dienone is 1. The van der Waals surface area contributed by atoms with Gasteiger partial charge >= 0.3 is 0 Å². The molecule has 0 aromatic rings. The van der Waals surface area contributed by atoms with E-state index in [0.29, 0.717) is 19.3 Å². The normalized spacial score (nSPS) is 47.2. The molecular weight excluding hydrogens is 436 g/mol. The zero-order valence-electron chi connectivity index (χ0n) is 21.2. The number of rotatable bonds is 5. The minimum Gasteiger partial charge on any atom is -0.393 e. The Kier molecular flexibility index (Phi) is 6.45. The second-order valence-electron chi connectivity index (χ2n) is 13.0. The van der Waals surface area contributed by atoms with Gasteiger partial charge in [-0.15, -0.1) is 0 Å². The molecule has 194 valence electrons. The standard InChI is InChI=1S/C27H44O7/c1-14(19(28)12-23(32)24(2,3)33)15-7-9-27(34)17-10-20(29)18-11-21(30)22(31)13-25(18,4)16(17)6-8-26(15,27)5/h10,14-16,18-19,21-23,28,30-34H,6-9,11-13H2,1-5H3. The maximum atomic E-state index is 13.2. The first-order chi connectivity index (χ1) is 15.6. The van der Waals surface area contributed by atoms with Crippen molar-refractivity contribution in [3.8, 4) is 0 Å². The van der Waals surface area contributed by atoms with Crippen LogP contribution in [0.3, 0.4) is 0 Å². The highest BCUT2D eigenvalue weighted by atomic mass is 16.3. The molecule has 0 radical (unpaired) electrons. The Morgan fingerprint density at radius 1 is 1.09 bits per heavy atom. The zero-order chi connectivity index (χ0) is 25.4. The Labute approximate surface area is 202 Å². The van der Waals surface area contributed by atoms with Crippen molar-refractivity contribution in [3.63, 3.8) is 0 Å². The first kappa shape index (κ1) is 26.2. The van der Waals surface area contributed by atoms with Crippen LogP contribution >= 0.6 is 0 Å². The number of ketones is 1. The van der Waals surface area contributed by atoms with E-state index in [0.717, 1.165) is 18.4 Å². The van der Waals surface area contributed by atoms with E-state index in [1.807, 2.05) is 13.8 Å². The summed E-state index contributed by atoms with van der Waals surface area (Å²) < 4.78 is 0. The number of carbonyl (C=O) groups is 1. The lowest BCUT2D eigenvalue weighted by Crippen LogP contribution is -2.61. The van der Waals surface area contributed by atoms with Crippen molar-refractivity contribution in [1.29, 1.82) is 0 Å². The van der Waals surface area contributed by atoms with Crippen LogP contribution in [0.25, 0.3) is 0 Å². The van der Waals surface area contributed by atoms with Gasteiger partial charge in [0.25, 0.3) is 0 Å². The number of aliphatic hydroxyl groups excluding tert-OH is 4. The van der Waals surface area contributed by atoms with Crippen LogP contribution in [0, 0.1) is 34.5 Å². The third-order valence-corrected chi connectivity index (χ3v) is 10.7. The monoisotopic (exact) mass is 480 g/mol. The minimum absolute atomic E-state index is 0.0113. The van der Waals surface area contributed by atoms with Crippen molar-refractivity contribution >= 4 is 5.78 Å². The van der Waals surface area contributed by atoms with Crippen LogP contribution in [-0.2, 0) is 4.79 Å². The SMILES string of the molecule is CC(C(O)CC(O)C(C)(C)O)C1CCC2(O)C3=CC(=O)C4CC(O)C(O)CC4(C)C3CCC12C. The van der Waals surface area contributed by atoms with Crippen LogP contribution in [0.4, 0.5) is 0 Å². The third kappa shape index (κ3) is 3.73.